The van der Waals surface area contributed by atoms with Gasteiger partial charge in [-0.3, -0.25) is 9.36 Å². The van der Waals surface area contributed by atoms with E-state index in [-0.39, 0.29) is 5.92 Å². The van der Waals surface area contributed by atoms with E-state index < -0.39 is 5.54 Å². The van der Waals surface area contributed by atoms with Crippen LogP contribution >= 0.6 is 0 Å². The number of nitriles is 2. The lowest BCUT2D eigenvalue weighted by Crippen LogP contribution is -2.46. The van der Waals surface area contributed by atoms with Crippen LogP contribution in [0, 0.1) is 28.6 Å². The summed E-state index contributed by atoms with van der Waals surface area (Å²) in [5.41, 5.74) is 3.57. The monoisotopic (exact) mass is 412 g/mol. The lowest BCUT2D eigenvalue weighted by Gasteiger charge is -2.43. The number of aryl methyl sites for hydroxylation is 1. The summed E-state index contributed by atoms with van der Waals surface area (Å²) in [4.78, 5) is 4.93. The molecule has 1 saturated carbocycles. The minimum atomic E-state index is -0.462. The Balaban J connectivity index is 1.66. The molecule has 0 unspecified atom stereocenters. The molecule has 31 heavy (non-hydrogen) atoms. The van der Waals surface area contributed by atoms with Gasteiger partial charge in [0.2, 0.25) is 0 Å². The van der Waals surface area contributed by atoms with Crippen molar-refractivity contribution in [2.75, 3.05) is 12.4 Å². The Labute approximate surface area is 178 Å². The molecule has 154 valence electrons. The smallest absolute Gasteiger partial charge is 0.157 e. The fourth-order valence-electron chi connectivity index (χ4n) is 4.30. The molecular weight excluding hydrogens is 392 g/mol. The van der Waals surface area contributed by atoms with Crippen molar-refractivity contribution in [1.29, 1.82) is 10.5 Å². The maximum absolute atomic E-state index is 9.39. The molecule has 10 heteroatoms. The number of rotatable bonds is 5. The van der Waals surface area contributed by atoms with Gasteiger partial charge in [-0.25, -0.2) is 9.50 Å². The summed E-state index contributed by atoms with van der Waals surface area (Å²) < 4.78 is 5.37. The predicted octanol–water partition coefficient (Wildman–Crippen LogP) is 2.58. The van der Waals surface area contributed by atoms with Gasteiger partial charge in [0.1, 0.15) is 5.69 Å². The second kappa shape index (κ2) is 6.96. The topological polar surface area (TPSA) is 125 Å². The first-order valence-electron chi connectivity index (χ1n) is 9.95. The van der Waals surface area contributed by atoms with Gasteiger partial charge in [-0.15, -0.1) is 0 Å². The zero-order chi connectivity index (χ0) is 21.6. The van der Waals surface area contributed by atoms with Crippen LogP contribution in [0.5, 0.6) is 0 Å². The molecule has 0 bridgehead atoms. The summed E-state index contributed by atoms with van der Waals surface area (Å²) in [6.07, 6.45) is 10.8. The highest BCUT2D eigenvalue weighted by Crippen LogP contribution is 2.47. The van der Waals surface area contributed by atoms with Crippen molar-refractivity contribution >= 4 is 11.3 Å². The molecule has 1 fully saturated rings. The SMILES string of the molecule is CNc1nn(C2(CC#N)CC(C#N)C2)cc1-c1nc(-c2cnn(C)c2)cn2nccc12. The summed E-state index contributed by atoms with van der Waals surface area (Å²) in [6.45, 7) is 0. The second-order valence-corrected chi connectivity index (χ2v) is 7.92. The van der Waals surface area contributed by atoms with Crippen molar-refractivity contribution in [3.8, 4) is 34.7 Å². The Morgan fingerprint density at radius 1 is 1.23 bits per heavy atom. The molecule has 4 aromatic heterocycles. The molecule has 4 aromatic rings. The highest BCUT2D eigenvalue weighted by Gasteiger charge is 2.47. The van der Waals surface area contributed by atoms with E-state index in [1.54, 1.807) is 21.6 Å². The van der Waals surface area contributed by atoms with Crippen molar-refractivity contribution in [1.82, 2.24) is 34.2 Å². The Bertz CT molecular complexity index is 1350. The highest BCUT2D eigenvalue weighted by atomic mass is 15.4. The zero-order valence-corrected chi connectivity index (χ0v) is 17.2. The number of hydrogen-bond donors (Lipinski definition) is 1. The first kappa shape index (κ1) is 18.8. The molecule has 4 heterocycles. The van der Waals surface area contributed by atoms with Crippen LogP contribution < -0.4 is 5.32 Å². The van der Waals surface area contributed by atoms with E-state index in [0.717, 1.165) is 28.0 Å². The van der Waals surface area contributed by atoms with Gasteiger partial charge in [0.25, 0.3) is 0 Å². The molecule has 5 rings (SSSR count). The highest BCUT2D eigenvalue weighted by molar-refractivity contribution is 5.84. The fourth-order valence-corrected chi connectivity index (χ4v) is 4.30. The lowest BCUT2D eigenvalue weighted by molar-refractivity contribution is 0.0885. The maximum atomic E-state index is 9.39. The molecule has 1 N–H and O–H groups in total. The third-order valence-electron chi connectivity index (χ3n) is 5.93. The van der Waals surface area contributed by atoms with Crippen LogP contribution in [0.15, 0.2) is 37.1 Å². The van der Waals surface area contributed by atoms with Gasteiger partial charge in [-0.1, -0.05) is 0 Å². The van der Waals surface area contributed by atoms with Crippen LogP contribution in [0.1, 0.15) is 19.3 Å². The van der Waals surface area contributed by atoms with Crippen molar-refractivity contribution in [2.45, 2.75) is 24.8 Å². The molecule has 0 radical (unpaired) electrons. The van der Waals surface area contributed by atoms with E-state index in [2.05, 4.69) is 27.7 Å². The van der Waals surface area contributed by atoms with Crippen molar-refractivity contribution in [3.05, 3.63) is 37.1 Å². The molecule has 0 atom stereocenters. The molecular formula is C21H20N10. The van der Waals surface area contributed by atoms with E-state index in [1.807, 2.05) is 43.4 Å². The fraction of sp³-hybridized carbons (Fsp3) is 0.333. The number of nitrogens with one attached hydrogen (secondary N) is 1. The average molecular weight is 412 g/mol. The van der Waals surface area contributed by atoms with Crippen LogP contribution in [-0.4, -0.2) is 41.2 Å². The largest absolute Gasteiger partial charge is 0.371 e. The van der Waals surface area contributed by atoms with Crippen molar-refractivity contribution in [2.24, 2.45) is 13.0 Å². The summed E-state index contributed by atoms with van der Waals surface area (Å²) in [5.74, 6) is 0.615. The summed E-state index contributed by atoms with van der Waals surface area (Å²) in [5, 5.41) is 35.2. The van der Waals surface area contributed by atoms with Gasteiger partial charge in [0.05, 0.1) is 65.4 Å². The Hall–Kier alpha value is -4.18. The number of hydrogen-bond acceptors (Lipinski definition) is 7. The van der Waals surface area contributed by atoms with Crippen LogP contribution in [-0.2, 0) is 12.6 Å². The summed E-state index contributed by atoms with van der Waals surface area (Å²) >= 11 is 0. The predicted molar refractivity (Wildman–Crippen MR) is 112 cm³/mol. The minimum absolute atomic E-state index is 0.0485. The molecule has 1 aliphatic rings. The Morgan fingerprint density at radius 2 is 2.06 bits per heavy atom. The van der Waals surface area contributed by atoms with Crippen molar-refractivity contribution in [3.63, 3.8) is 0 Å². The number of nitrogens with zero attached hydrogens (tertiary/aromatic N) is 9. The molecule has 10 nitrogen and oxygen atoms in total. The first-order valence-corrected chi connectivity index (χ1v) is 9.95. The zero-order valence-electron chi connectivity index (χ0n) is 17.2. The second-order valence-electron chi connectivity index (χ2n) is 7.92. The van der Waals surface area contributed by atoms with Crippen LogP contribution in [0.2, 0.25) is 0 Å². The van der Waals surface area contributed by atoms with Gasteiger partial charge in [0, 0.05) is 32.1 Å². The Morgan fingerprint density at radius 3 is 2.74 bits per heavy atom. The third-order valence-corrected chi connectivity index (χ3v) is 5.93. The van der Waals surface area contributed by atoms with E-state index in [9.17, 15) is 10.5 Å². The Kier molecular flexibility index (Phi) is 4.22. The number of aromatic nitrogens is 7. The standard InChI is InChI=1S/C21H20N10/c1-24-20-16(12-31(28-20)21(4-5-22)7-14(8-21)9-23)19-18-3-6-25-30(18)13-17(27-19)15-10-26-29(2)11-15/h3,6,10-14H,4,7-8H2,1-2H3,(H,24,28). The van der Waals surface area contributed by atoms with Gasteiger partial charge in [0.15, 0.2) is 5.82 Å². The molecule has 0 spiro atoms. The maximum Gasteiger partial charge on any atom is 0.157 e. The minimum Gasteiger partial charge on any atom is -0.371 e. The molecule has 0 aliphatic heterocycles. The average Bonchev–Trinajstić information content (AvgIpc) is 3.48. The molecule has 0 saturated heterocycles. The third kappa shape index (κ3) is 2.92. The van der Waals surface area contributed by atoms with Gasteiger partial charge < -0.3 is 5.32 Å². The summed E-state index contributed by atoms with van der Waals surface area (Å²) in [7, 11) is 3.67. The van der Waals surface area contributed by atoms with Crippen LogP contribution in [0.3, 0.4) is 0 Å². The van der Waals surface area contributed by atoms with Crippen molar-refractivity contribution < 1.29 is 0 Å². The first-order chi connectivity index (χ1) is 15.1. The quantitative estimate of drug-likeness (QED) is 0.534. The van der Waals surface area contributed by atoms with E-state index in [4.69, 9.17) is 10.1 Å². The van der Waals surface area contributed by atoms with E-state index in [1.165, 1.54) is 0 Å². The van der Waals surface area contributed by atoms with Crippen LogP contribution in [0.4, 0.5) is 5.82 Å². The van der Waals surface area contributed by atoms with Gasteiger partial charge in [-0.2, -0.15) is 25.8 Å². The van der Waals surface area contributed by atoms with Crippen LogP contribution in [0.25, 0.3) is 28.0 Å². The normalized spacial score (nSPS) is 20.2. The van der Waals surface area contributed by atoms with E-state index in [0.29, 0.717) is 25.1 Å². The van der Waals surface area contributed by atoms with E-state index >= 15 is 0 Å². The summed E-state index contributed by atoms with van der Waals surface area (Å²) in [6, 6.07) is 6.48. The number of fused-ring (bicyclic) bond motifs is 1. The molecule has 1 aliphatic carbocycles. The molecule has 0 amide bonds. The van der Waals surface area contributed by atoms with Gasteiger partial charge in [-0.05, 0) is 18.9 Å². The lowest BCUT2D eigenvalue weighted by atomic mass is 9.67. The number of anilines is 1. The van der Waals surface area contributed by atoms with Gasteiger partial charge >= 0.3 is 0 Å². The molecule has 0 aromatic carbocycles.